The number of hydrogen-bond acceptors (Lipinski definition) is 3. The summed E-state index contributed by atoms with van der Waals surface area (Å²) in [5.41, 5.74) is 1.61. The number of aromatic nitrogens is 1. The molecule has 120 valence electrons. The van der Waals surface area contributed by atoms with E-state index in [1.54, 1.807) is 12.1 Å². The topological polar surface area (TPSA) is 54.6 Å². The molecule has 1 amide bonds. The summed E-state index contributed by atoms with van der Waals surface area (Å²) in [5.74, 6) is 1.04. The Morgan fingerprint density at radius 1 is 1.30 bits per heavy atom. The smallest absolute Gasteiger partial charge is 0.254 e. The number of H-pyrrole nitrogens is 1. The number of hydrogen-bond donors (Lipinski definition) is 1. The quantitative estimate of drug-likeness (QED) is 0.916. The lowest BCUT2D eigenvalue weighted by Crippen LogP contribution is -2.31. The van der Waals surface area contributed by atoms with Crippen LogP contribution < -0.4 is 9.47 Å². The van der Waals surface area contributed by atoms with Crippen molar-refractivity contribution in [2.75, 3.05) is 19.8 Å². The third-order valence-electron chi connectivity index (χ3n) is 4.34. The molecule has 2 aromatic rings. The van der Waals surface area contributed by atoms with Crippen LogP contribution >= 0.6 is 11.6 Å². The molecule has 4 rings (SSSR count). The number of aromatic amines is 1. The van der Waals surface area contributed by atoms with Gasteiger partial charge in [0.1, 0.15) is 13.2 Å². The summed E-state index contributed by atoms with van der Waals surface area (Å²) in [4.78, 5) is 18.1. The van der Waals surface area contributed by atoms with Crippen LogP contribution in [0.2, 0.25) is 5.02 Å². The predicted octanol–water partition coefficient (Wildman–Crippen LogP) is 3.42. The number of halogens is 1. The van der Waals surface area contributed by atoms with Gasteiger partial charge in [0, 0.05) is 24.0 Å². The van der Waals surface area contributed by atoms with Crippen LogP contribution in [0.3, 0.4) is 0 Å². The second-order valence-electron chi connectivity index (χ2n) is 5.76. The van der Waals surface area contributed by atoms with Crippen molar-refractivity contribution >= 4 is 17.5 Å². The molecule has 6 heteroatoms. The van der Waals surface area contributed by atoms with Crippen molar-refractivity contribution in [2.45, 2.75) is 18.9 Å². The second kappa shape index (κ2) is 5.81. The Labute approximate surface area is 139 Å². The van der Waals surface area contributed by atoms with Gasteiger partial charge in [-0.2, -0.15) is 0 Å². The number of benzene rings is 1. The van der Waals surface area contributed by atoms with Gasteiger partial charge in [-0.05, 0) is 37.1 Å². The zero-order valence-corrected chi connectivity index (χ0v) is 13.3. The largest absolute Gasteiger partial charge is 0.486 e. The minimum atomic E-state index is -0.0269. The summed E-state index contributed by atoms with van der Waals surface area (Å²) in [6.45, 7) is 1.69. The predicted molar refractivity (Wildman–Crippen MR) is 86.2 cm³/mol. The SMILES string of the molecule is O=C(c1cc(Cl)c2c(c1)OCCO2)N1CCCC1c1ccc[nH]1. The summed E-state index contributed by atoms with van der Waals surface area (Å²) in [7, 11) is 0. The second-order valence-corrected chi connectivity index (χ2v) is 6.17. The lowest BCUT2D eigenvalue weighted by atomic mass is 10.1. The van der Waals surface area contributed by atoms with Crippen molar-refractivity contribution in [3.05, 3.63) is 46.7 Å². The van der Waals surface area contributed by atoms with Gasteiger partial charge in [-0.15, -0.1) is 0 Å². The molecule has 0 spiro atoms. The number of carbonyl (C=O) groups excluding carboxylic acids is 1. The lowest BCUT2D eigenvalue weighted by Gasteiger charge is -2.25. The summed E-state index contributed by atoms with van der Waals surface area (Å²) >= 11 is 6.25. The van der Waals surface area contributed by atoms with E-state index in [1.165, 1.54) is 0 Å². The number of ether oxygens (including phenoxy) is 2. The van der Waals surface area contributed by atoms with Gasteiger partial charge < -0.3 is 19.4 Å². The number of nitrogens with zero attached hydrogens (tertiary/aromatic N) is 1. The van der Waals surface area contributed by atoms with Gasteiger partial charge in [0.05, 0.1) is 11.1 Å². The van der Waals surface area contributed by atoms with E-state index in [0.717, 1.165) is 25.1 Å². The first kappa shape index (κ1) is 14.5. The first-order chi connectivity index (χ1) is 11.2. The first-order valence-corrected chi connectivity index (χ1v) is 8.15. The molecule has 0 saturated carbocycles. The lowest BCUT2D eigenvalue weighted by molar-refractivity contribution is 0.0732. The molecular formula is C17H17ClN2O3. The third-order valence-corrected chi connectivity index (χ3v) is 4.62. The molecular weight excluding hydrogens is 316 g/mol. The Morgan fingerprint density at radius 3 is 3.00 bits per heavy atom. The number of fused-ring (bicyclic) bond motifs is 1. The molecule has 1 saturated heterocycles. The Morgan fingerprint density at radius 2 is 2.17 bits per heavy atom. The third kappa shape index (κ3) is 2.55. The van der Waals surface area contributed by atoms with E-state index in [2.05, 4.69) is 4.98 Å². The highest BCUT2D eigenvalue weighted by Crippen LogP contribution is 2.40. The Bertz CT molecular complexity index is 730. The van der Waals surface area contributed by atoms with Crippen LogP contribution in [0.4, 0.5) is 0 Å². The van der Waals surface area contributed by atoms with Crippen molar-refractivity contribution < 1.29 is 14.3 Å². The van der Waals surface area contributed by atoms with Gasteiger partial charge in [-0.1, -0.05) is 11.6 Å². The summed E-state index contributed by atoms with van der Waals surface area (Å²) in [6, 6.07) is 7.46. The number of carbonyl (C=O) groups is 1. The van der Waals surface area contributed by atoms with Gasteiger partial charge in [0.15, 0.2) is 11.5 Å². The summed E-state index contributed by atoms with van der Waals surface area (Å²) < 4.78 is 11.1. The molecule has 0 radical (unpaired) electrons. The molecule has 1 aromatic carbocycles. The minimum absolute atomic E-state index is 0.0269. The van der Waals surface area contributed by atoms with Crippen molar-refractivity contribution in [1.82, 2.24) is 9.88 Å². The highest BCUT2D eigenvalue weighted by Gasteiger charge is 2.32. The van der Waals surface area contributed by atoms with Crippen molar-refractivity contribution in [2.24, 2.45) is 0 Å². The van der Waals surface area contributed by atoms with E-state index >= 15 is 0 Å². The van der Waals surface area contributed by atoms with E-state index in [9.17, 15) is 4.79 Å². The van der Waals surface area contributed by atoms with Crippen molar-refractivity contribution in [3.8, 4) is 11.5 Å². The zero-order valence-electron chi connectivity index (χ0n) is 12.5. The van der Waals surface area contributed by atoms with Crippen LogP contribution in [-0.2, 0) is 0 Å². The molecule has 0 bridgehead atoms. The molecule has 2 aliphatic heterocycles. The van der Waals surface area contributed by atoms with Crippen LogP contribution in [0, 0.1) is 0 Å². The fraction of sp³-hybridized carbons (Fsp3) is 0.353. The fourth-order valence-electron chi connectivity index (χ4n) is 3.28. The van der Waals surface area contributed by atoms with Crippen molar-refractivity contribution in [3.63, 3.8) is 0 Å². The van der Waals surface area contributed by atoms with E-state index in [4.69, 9.17) is 21.1 Å². The van der Waals surface area contributed by atoms with Gasteiger partial charge in [-0.3, -0.25) is 4.79 Å². The monoisotopic (exact) mass is 332 g/mol. The minimum Gasteiger partial charge on any atom is -0.486 e. The van der Waals surface area contributed by atoms with E-state index < -0.39 is 0 Å². The standard InChI is InChI=1S/C17H17ClN2O3/c18-12-9-11(10-15-16(12)23-8-7-22-15)17(21)20-6-2-4-14(20)13-3-1-5-19-13/h1,3,5,9-10,14,19H,2,4,6-8H2. The zero-order chi connectivity index (χ0) is 15.8. The number of amides is 1. The Hall–Kier alpha value is -2.14. The molecule has 1 aromatic heterocycles. The maximum atomic E-state index is 12.9. The van der Waals surface area contributed by atoms with Gasteiger partial charge in [0.25, 0.3) is 5.91 Å². The van der Waals surface area contributed by atoms with Crippen LogP contribution in [0.25, 0.3) is 0 Å². The van der Waals surface area contributed by atoms with Crippen LogP contribution in [0.1, 0.15) is 34.9 Å². The number of nitrogens with one attached hydrogen (secondary N) is 1. The molecule has 2 aliphatic rings. The summed E-state index contributed by atoms with van der Waals surface area (Å²) in [6.07, 6.45) is 3.84. The van der Waals surface area contributed by atoms with Gasteiger partial charge >= 0.3 is 0 Å². The molecule has 1 fully saturated rings. The molecule has 5 nitrogen and oxygen atoms in total. The fourth-order valence-corrected chi connectivity index (χ4v) is 3.55. The number of likely N-dealkylation sites (tertiary alicyclic amines) is 1. The van der Waals surface area contributed by atoms with Gasteiger partial charge in [-0.25, -0.2) is 0 Å². The molecule has 23 heavy (non-hydrogen) atoms. The maximum Gasteiger partial charge on any atom is 0.254 e. The van der Waals surface area contributed by atoms with Crippen LogP contribution in [0.15, 0.2) is 30.5 Å². The summed E-state index contributed by atoms with van der Waals surface area (Å²) in [5, 5.41) is 0.418. The average Bonchev–Trinajstić information content (AvgIpc) is 3.25. The van der Waals surface area contributed by atoms with E-state index in [1.807, 2.05) is 23.2 Å². The Kier molecular flexibility index (Phi) is 3.65. The highest BCUT2D eigenvalue weighted by atomic mass is 35.5. The Balaban J connectivity index is 1.65. The van der Waals surface area contributed by atoms with Crippen LogP contribution in [0.5, 0.6) is 11.5 Å². The van der Waals surface area contributed by atoms with E-state index in [-0.39, 0.29) is 11.9 Å². The molecule has 1 atom stereocenters. The maximum absolute atomic E-state index is 12.9. The van der Waals surface area contributed by atoms with E-state index in [0.29, 0.717) is 35.3 Å². The molecule has 1 unspecified atom stereocenters. The number of rotatable bonds is 2. The molecule has 1 N–H and O–H groups in total. The molecule has 0 aliphatic carbocycles. The average molecular weight is 333 g/mol. The highest BCUT2D eigenvalue weighted by molar-refractivity contribution is 6.32. The first-order valence-electron chi connectivity index (χ1n) is 7.77. The van der Waals surface area contributed by atoms with Gasteiger partial charge in [0.2, 0.25) is 0 Å². The molecule has 3 heterocycles. The van der Waals surface area contributed by atoms with Crippen LogP contribution in [-0.4, -0.2) is 35.5 Å². The normalized spacial score (nSPS) is 19.9. The van der Waals surface area contributed by atoms with Crippen molar-refractivity contribution in [1.29, 1.82) is 0 Å².